The summed E-state index contributed by atoms with van der Waals surface area (Å²) in [5, 5.41) is 19.9. The van der Waals surface area contributed by atoms with Crippen LogP contribution in [0.4, 0.5) is 11.4 Å². The third kappa shape index (κ3) is 1.92. The number of thiazole rings is 1. The molecule has 2 aromatic carbocycles. The van der Waals surface area contributed by atoms with E-state index in [4.69, 9.17) is 11.5 Å². The van der Waals surface area contributed by atoms with Gasteiger partial charge in [0.05, 0.1) is 21.6 Å². The molecular formula is C13H11N3O2S. The predicted molar refractivity (Wildman–Crippen MR) is 77.2 cm³/mol. The molecule has 0 fully saturated rings. The highest BCUT2D eigenvalue weighted by Gasteiger charge is 2.10. The molecule has 3 rings (SSSR count). The van der Waals surface area contributed by atoms with Crippen LogP contribution in [0.25, 0.3) is 20.8 Å². The third-order valence-electron chi connectivity index (χ3n) is 2.81. The van der Waals surface area contributed by atoms with Gasteiger partial charge in [0.2, 0.25) is 0 Å². The number of rotatable bonds is 1. The van der Waals surface area contributed by atoms with Gasteiger partial charge in [-0.25, -0.2) is 4.98 Å². The summed E-state index contributed by atoms with van der Waals surface area (Å²) >= 11 is 1.41. The molecule has 19 heavy (non-hydrogen) atoms. The van der Waals surface area contributed by atoms with Gasteiger partial charge in [0.1, 0.15) is 16.5 Å². The Kier molecular flexibility index (Phi) is 2.46. The second kappa shape index (κ2) is 4.03. The molecule has 0 aliphatic rings. The van der Waals surface area contributed by atoms with Crippen molar-refractivity contribution in [2.45, 2.75) is 0 Å². The molecule has 0 spiro atoms. The van der Waals surface area contributed by atoms with Crippen LogP contribution >= 0.6 is 11.3 Å². The van der Waals surface area contributed by atoms with E-state index in [1.165, 1.54) is 11.3 Å². The smallest absolute Gasteiger partial charge is 0.140 e. The maximum absolute atomic E-state index is 9.62. The lowest BCUT2D eigenvalue weighted by molar-refractivity contribution is 0.478. The second-order valence-corrected chi connectivity index (χ2v) is 5.20. The number of phenolic OH excluding ortho intramolecular Hbond substituents is 2. The number of phenols is 2. The highest BCUT2D eigenvalue weighted by atomic mass is 32.1. The molecule has 0 radical (unpaired) electrons. The van der Waals surface area contributed by atoms with Crippen molar-refractivity contribution in [2.75, 3.05) is 11.5 Å². The Labute approximate surface area is 112 Å². The molecule has 6 N–H and O–H groups in total. The van der Waals surface area contributed by atoms with Gasteiger partial charge in [0.15, 0.2) is 0 Å². The van der Waals surface area contributed by atoms with Crippen molar-refractivity contribution in [3.63, 3.8) is 0 Å². The van der Waals surface area contributed by atoms with E-state index >= 15 is 0 Å². The van der Waals surface area contributed by atoms with Gasteiger partial charge >= 0.3 is 0 Å². The van der Waals surface area contributed by atoms with Crippen molar-refractivity contribution in [3.05, 3.63) is 30.3 Å². The Morgan fingerprint density at radius 1 is 0.947 bits per heavy atom. The lowest BCUT2D eigenvalue weighted by Crippen LogP contribution is -1.86. The summed E-state index contributed by atoms with van der Waals surface area (Å²) in [6, 6.07) is 8.19. The molecule has 1 heterocycles. The molecule has 0 saturated carbocycles. The van der Waals surface area contributed by atoms with Crippen molar-refractivity contribution in [3.8, 4) is 22.1 Å². The van der Waals surface area contributed by atoms with E-state index in [2.05, 4.69) is 4.98 Å². The number of aromatic hydroxyl groups is 2. The SMILES string of the molecule is Nc1ccc(-c2nc3cc(N)c(O)cc3s2)cc1O. The van der Waals surface area contributed by atoms with Crippen LogP contribution in [0.2, 0.25) is 0 Å². The first-order valence-corrected chi connectivity index (χ1v) is 6.34. The second-order valence-electron chi connectivity index (χ2n) is 4.17. The Morgan fingerprint density at radius 3 is 2.42 bits per heavy atom. The highest BCUT2D eigenvalue weighted by molar-refractivity contribution is 7.21. The Balaban J connectivity index is 2.17. The Morgan fingerprint density at radius 2 is 1.68 bits per heavy atom. The zero-order valence-electron chi connectivity index (χ0n) is 9.79. The average Bonchev–Trinajstić information content (AvgIpc) is 2.76. The number of nitrogen functional groups attached to an aromatic ring is 2. The number of benzene rings is 2. The standard InChI is InChI=1S/C13H11N3O2S/c14-7-2-1-6(3-10(7)17)13-16-9-4-8(15)11(18)5-12(9)19-13/h1-5,17-18H,14-15H2. The molecule has 0 aliphatic carbocycles. The number of fused-ring (bicyclic) bond motifs is 1. The van der Waals surface area contributed by atoms with Crippen LogP contribution in [-0.2, 0) is 0 Å². The van der Waals surface area contributed by atoms with E-state index < -0.39 is 0 Å². The van der Waals surface area contributed by atoms with Gasteiger partial charge in [0.25, 0.3) is 0 Å². The molecule has 0 atom stereocenters. The third-order valence-corrected chi connectivity index (χ3v) is 3.88. The Hall–Kier alpha value is -2.47. The summed E-state index contributed by atoms with van der Waals surface area (Å²) in [6.07, 6.45) is 0. The first kappa shape index (κ1) is 11.6. The van der Waals surface area contributed by atoms with E-state index in [0.717, 1.165) is 15.3 Å². The lowest BCUT2D eigenvalue weighted by Gasteiger charge is -2.00. The normalized spacial score (nSPS) is 10.9. The molecule has 0 aliphatic heterocycles. The fraction of sp³-hybridized carbons (Fsp3) is 0. The van der Waals surface area contributed by atoms with Crippen molar-refractivity contribution in [1.82, 2.24) is 4.98 Å². The number of anilines is 2. The van der Waals surface area contributed by atoms with Crippen LogP contribution in [0.1, 0.15) is 0 Å². The van der Waals surface area contributed by atoms with Crippen LogP contribution in [0.3, 0.4) is 0 Å². The van der Waals surface area contributed by atoms with Gasteiger partial charge in [-0.3, -0.25) is 0 Å². The molecule has 0 amide bonds. The van der Waals surface area contributed by atoms with E-state index in [-0.39, 0.29) is 11.5 Å². The van der Waals surface area contributed by atoms with Gasteiger partial charge in [-0.2, -0.15) is 0 Å². The predicted octanol–water partition coefficient (Wildman–Crippen LogP) is 2.54. The minimum Gasteiger partial charge on any atom is -0.506 e. The van der Waals surface area contributed by atoms with Crippen molar-refractivity contribution < 1.29 is 10.2 Å². The van der Waals surface area contributed by atoms with Crippen molar-refractivity contribution >= 4 is 32.9 Å². The fourth-order valence-electron chi connectivity index (χ4n) is 1.78. The molecular weight excluding hydrogens is 262 g/mol. The molecule has 1 aromatic heterocycles. The van der Waals surface area contributed by atoms with Crippen molar-refractivity contribution in [2.24, 2.45) is 0 Å². The summed E-state index contributed by atoms with van der Waals surface area (Å²) in [6.45, 7) is 0. The maximum Gasteiger partial charge on any atom is 0.140 e. The summed E-state index contributed by atoms with van der Waals surface area (Å²) < 4.78 is 0.831. The molecule has 6 heteroatoms. The molecule has 5 nitrogen and oxygen atoms in total. The van der Waals surface area contributed by atoms with E-state index in [0.29, 0.717) is 16.9 Å². The number of hydrogen-bond acceptors (Lipinski definition) is 6. The van der Waals surface area contributed by atoms with Crippen LogP contribution < -0.4 is 11.5 Å². The minimum absolute atomic E-state index is 0.0270. The summed E-state index contributed by atoms with van der Waals surface area (Å²) in [5.41, 5.74) is 13.3. The van der Waals surface area contributed by atoms with Gasteiger partial charge in [-0.15, -0.1) is 11.3 Å². The van der Waals surface area contributed by atoms with Gasteiger partial charge in [-0.05, 0) is 24.3 Å². The Bertz CT molecular complexity index is 744. The van der Waals surface area contributed by atoms with Crippen LogP contribution in [0.15, 0.2) is 30.3 Å². The molecule has 3 aromatic rings. The molecule has 0 saturated heterocycles. The lowest BCUT2D eigenvalue weighted by atomic mass is 10.2. The quantitative estimate of drug-likeness (QED) is 0.403. The van der Waals surface area contributed by atoms with Crippen LogP contribution in [0, 0.1) is 0 Å². The number of hydrogen-bond donors (Lipinski definition) is 4. The number of nitrogens with two attached hydrogens (primary N) is 2. The average molecular weight is 273 g/mol. The number of aromatic nitrogens is 1. The van der Waals surface area contributed by atoms with Crippen LogP contribution in [0.5, 0.6) is 11.5 Å². The van der Waals surface area contributed by atoms with Crippen molar-refractivity contribution in [1.29, 1.82) is 0 Å². The maximum atomic E-state index is 9.62. The minimum atomic E-state index is 0.0270. The zero-order valence-corrected chi connectivity index (χ0v) is 10.6. The largest absolute Gasteiger partial charge is 0.506 e. The van der Waals surface area contributed by atoms with Gasteiger partial charge < -0.3 is 21.7 Å². The summed E-state index contributed by atoms with van der Waals surface area (Å²) in [7, 11) is 0. The molecule has 0 unspecified atom stereocenters. The van der Waals surface area contributed by atoms with E-state index in [1.807, 2.05) is 0 Å². The first-order valence-electron chi connectivity index (χ1n) is 5.52. The topological polar surface area (TPSA) is 105 Å². The summed E-state index contributed by atoms with van der Waals surface area (Å²) in [4.78, 5) is 4.43. The molecule has 0 bridgehead atoms. The van der Waals surface area contributed by atoms with Gasteiger partial charge in [-0.1, -0.05) is 0 Å². The monoisotopic (exact) mass is 273 g/mol. The van der Waals surface area contributed by atoms with E-state index in [9.17, 15) is 10.2 Å². The van der Waals surface area contributed by atoms with Crippen LogP contribution in [-0.4, -0.2) is 15.2 Å². The van der Waals surface area contributed by atoms with Gasteiger partial charge in [0, 0.05) is 11.6 Å². The zero-order chi connectivity index (χ0) is 13.6. The molecule has 96 valence electrons. The first-order chi connectivity index (χ1) is 9.04. The fourth-order valence-corrected chi connectivity index (χ4v) is 2.76. The number of nitrogens with zero attached hydrogens (tertiary/aromatic N) is 1. The van der Waals surface area contributed by atoms with E-state index in [1.54, 1.807) is 30.3 Å². The highest BCUT2D eigenvalue weighted by Crippen LogP contribution is 2.36. The summed E-state index contributed by atoms with van der Waals surface area (Å²) in [5.74, 6) is 0.0713.